The van der Waals surface area contributed by atoms with Crippen molar-refractivity contribution in [2.24, 2.45) is 0 Å². The highest BCUT2D eigenvalue weighted by Crippen LogP contribution is 2.38. The Labute approximate surface area is 176 Å². The van der Waals surface area contributed by atoms with Crippen molar-refractivity contribution < 1.29 is 0 Å². The molecular weight excluding hydrogens is 372 g/mol. The molecule has 29 heavy (non-hydrogen) atoms. The van der Waals surface area contributed by atoms with Crippen LogP contribution < -0.4 is 0 Å². The third kappa shape index (κ3) is 3.41. The van der Waals surface area contributed by atoms with E-state index < -0.39 is 0 Å². The molecule has 0 saturated heterocycles. The minimum Gasteiger partial charge on any atom is -0.0837 e. The van der Waals surface area contributed by atoms with E-state index in [0.29, 0.717) is 0 Å². The zero-order valence-electron chi connectivity index (χ0n) is 16.1. The Morgan fingerprint density at radius 2 is 0.931 bits per heavy atom. The maximum absolute atomic E-state index is 6.80. The smallest absolute Gasteiger partial charge is 0.0487 e. The maximum Gasteiger partial charge on any atom is 0.0487 e. The Balaban J connectivity index is 1.82. The Morgan fingerprint density at radius 3 is 1.55 bits per heavy atom. The van der Waals surface area contributed by atoms with Gasteiger partial charge in [-0.05, 0) is 57.3 Å². The molecule has 5 aromatic carbocycles. The molecule has 0 aliphatic heterocycles. The standard InChI is InChI=1S/C28H21Cl/c29-27-17-9-16-24-25(18-20-10-3-1-4-11-20)22-14-7-8-15-23(22)26(28(24)27)19-21-12-5-2-6-13-21/h1-17H,18-19H2. The molecule has 0 heterocycles. The molecule has 0 fully saturated rings. The van der Waals surface area contributed by atoms with Crippen LogP contribution >= 0.6 is 11.6 Å². The molecule has 0 aliphatic rings. The normalized spacial score (nSPS) is 11.2. The Kier molecular flexibility index (Phi) is 4.79. The van der Waals surface area contributed by atoms with Crippen molar-refractivity contribution in [2.75, 3.05) is 0 Å². The second-order valence-corrected chi connectivity index (χ2v) is 7.90. The van der Waals surface area contributed by atoms with E-state index in [0.717, 1.165) is 17.9 Å². The summed E-state index contributed by atoms with van der Waals surface area (Å²) in [6.07, 6.45) is 1.76. The lowest BCUT2D eigenvalue weighted by atomic mass is 9.86. The van der Waals surface area contributed by atoms with Crippen LogP contribution in [0.15, 0.2) is 103 Å². The minimum absolute atomic E-state index is 0.827. The lowest BCUT2D eigenvalue weighted by Gasteiger charge is -2.18. The van der Waals surface area contributed by atoms with E-state index in [2.05, 4.69) is 97.1 Å². The van der Waals surface area contributed by atoms with Crippen molar-refractivity contribution in [3.63, 3.8) is 0 Å². The summed E-state index contributed by atoms with van der Waals surface area (Å²) in [6.45, 7) is 0. The van der Waals surface area contributed by atoms with Crippen molar-refractivity contribution in [1.82, 2.24) is 0 Å². The molecule has 0 bridgehead atoms. The minimum atomic E-state index is 0.827. The molecule has 140 valence electrons. The maximum atomic E-state index is 6.80. The fourth-order valence-corrected chi connectivity index (χ4v) is 4.63. The fraction of sp³-hybridized carbons (Fsp3) is 0.0714. The molecule has 0 spiro atoms. The first-order valence-electron chi connectivity index (χ1n) is 10.00. The first-order valence-corrected chi connectivity index (χ1v) is 10.4. The van der Waals surface area contributed by atoms with Gasteiger partial charge < -0.3 is 0 Å². The van der Waals surface area contributed by atoms with E-state index in [9.17, 15) is 0 Å². The van der Waals surface area contributed by atoms with Crippen LogP contribution in [0.5, 0.6) is 0 Å². The van der Waals surface area contributed by atoms with Crippen LogP contribution in [0, 0.1) is 0 Å². The topological polar surface area (TPSA) is 0 Å². The molecular formula is C28H21Cl. The Morgan fingerprint density at radius 1 is 0.448 bits per heavy atom. The fourth-order valence-electron chi connectivity index (χ4n) is 4.35. The summed E-state index contributed by atoms with van der Waals surface area (Å²) in [5, 5.41) is 5.88. The van der Waals surface area contributed by atoms with Gasteiger partial charge in [0.2, 0.25) is 0 Å². The highest BCUT2D eigenvalue weighted by atomic mass is 35.5. The van der Waals surface area contributed by atoms with Gasteiger partial charge in [0.1, 0.15) is 0 Å². The average molecular weight is 393 g/mol. The predicted octanol–water partition coefficient (Wildman–Crippen LogP) is 7.83. The van der Waals surface area contributed by atoms with Gasteiger partial charge in [0, 0.05) is 10.4 Å². The molecule has 1 heteroatoms. The quantitative estimate of drug-likeness (QED) is 0.273. The molecule has 0 amide bonds. The molecule has 0 radical (unpaired) electrons. The Hall–Kier alpha value is -3.09. The third-order valence-corrected chi connectivity index (χ3v) is 5.98. The van der Waals surface area contributed by atoms with Crippen molar-refractivity contribution in [1.29, 1.82) is 0 Å². The van der Waals surface area contributed by atoms with Crippen LogP contribution in [-0.4, -0.2) is 0 Å². The van der Waals surface area contributed by atoms with Gasteiger partial charge >= 0.3 is 0 Å². The zero-order chi connectivity index (χ0) is 19.6. The van der Waals surface area contributed by atoms with E-state index in [-0.39, 0.29) is 0 Å². The molecule has 5 rings (SSSR count). The molecule has 0 aliphatic carbocycles. The van der Waals surface area contributed by atoms with Crippen molar-refractivity contribution in [3.05, 3.63) is 130 Å². The van der Waals surface area contributed by atoms with Crippen molar-refractivity contribution >= 4 is 33.1 Å². The van der Waals surface area contributed by atoms with Crippen LogP contribution in [0.4, 0.5) is 0 Å². The van der Waals surface area contributed by atoms with Crippen molar-refractivity contribution in [2.45, 2.75) is 12.8 Å². The van der Waals surface area contributed by atoms with E-state index in [1.165, 1.54) is 43.8 Å². The highest BCUT2D eigenvalue weighted by Gasteiger charge is 2.16. The van der Waals surface area contributed by atoms with Gasteiger partial charge in [-0.3, -0.25) is 0 Å². The zero-order valence-corrected chi connectivity index (χ0v) is 16.9. The summed E-state index contributed by atoms with van der Waals surface area (Å²) >= 11 is 6.80. The predicted molar refractivity (Wildman–Crippen MR) is 125 cm³/mol. The highest BCUT2D eigenvalue weighted by molar-refractivity contribution is 6.36. The number of rotatable bonds is 4. The van der Waals surface area contributed by atoms with Gasteiger partial charge in [-0.15, -0.1) is 0 Å². The number of benzene rings is 5. The SMILES string of the molecule is Clc1cccc2c(Cc3ccccc3)c3ccccc3c(Cc3ccccc3)c12. The molecule has 0 nitrogen and oxygen atoms in total. The van der Waals surface area contributed by atoms with E-state index in [1.54, 1.807) is 0 Å². The number of halogens is 1. The second kappa shape index (κ2) is 7.73. The van der Waals surface area contributed by atoms with Gasteiger partial charge in [-0.2, -0.15) is 0 Å². The van der Waals surface area contributed by atoms with E-state index in [4.69, 9.17) is 11.6 Å². The van der Waals surface area contributed by atoms with Gasteiger partial charge in [0.25, 0.3) is 0 Å². The summed E-state index contributed by atoms with van der Waals surface area (Å²) in [6, 6.07) is 36.4. The summed E-state index contributed by atoms with van der Waals surface area (Å²) in [4.78, 5) is 0. The van der Waals surface area contributed by atoms with E-state index >= 15 is 0 Å². The largest absolute Gasteiger partial charge is 0.0837 e. The molecule has 0 aromatic heterocycles. The first kappa shape index (κ1) is 18.0. The van der Waals surface area contributed by atoms with Gasteiger partial charge in [0.05, 0.1) is 0 Å². The van der Waals surface area contributed by atoms with Crippen LogP contribution in [0.2, 0.25) is 5.02 Å². The molecule has 5 aromatic rings. The average Bonchev–Trinajstić information content (AvgIpc) is 2.77. The number of hydrogen-bond acceptors (Lipinski definition) is 0. The second-order valence-electron chi connectivity index (χ2n) is 7.49. The summed E-state index contributed by atoms with van der Waals surface area (Å²) in [7, 11) is 0. The lowest BCUT2D eigenvalue weighted by Crippen LogP contribution is -1.99. The van der Waals surface area contributed by atoms with Crippen LogP contribution in [0.3, 0.4) is 0 Å². The molecule has 0 saturated carbocycles. The summed E-state index contributed by atoms with van der Waals surface area (Å²) in [5.41, 5.74) is 5.27. The van der Waals surface area contributed by atoms with Gasteiger partial charge in [0.15, 0.2) is 0 Å². The summed E-state index contributed by atoms with van der Waals surface area (Å²) < 4.78 is 0. The monoisotopic (exact) mass is 392 g/mol. The van der Waals surface area contributed by atoms with E-state index in [1.807, 2.05) is 6.07 Å². The Bertz CT molecular complexity index is 1290. The molecule has 0 unspecified atom stereocenters. The van der Waals surface area contributed by atoms with Gasteiger partial charge in [-0.25, -0.2) is 0 Å². The van der Waals surface area contributed by atoms with Gasteiger partial charge in [-0.1, -0.05) is 109 Å². The van der Waals surface area contributed by atoms with Crippen LogP contribution in [0.25, 0.3) is 21.5 Å². The third-order valence-electron chi connectivity index (χ3n) is 5.67. The van der Waals surface area contributed by atoms with Crippen LogP contribution in [0.1, 0.15) is 22.3 Å². The summed E-state index contributed by atoms with van der Waals surface area (Å²) in [5.74, 6) is 0. The number of hydrogen-bond donors (Lipinski definition) is 0. The number of fused-ring (bicyclic) bond motifs is 2. The molecule has 0 atom stereocenters. The lowest BCUT2D eigenvalue weighted by molar-refractivity contribution is 1.21. The van der Waals surface area contributed by atoms with Crippen LogP contribution in [-0.2, 0) is 12.8 Å². The first-order chi connectivity index (χ1) is 14.3. The van der Waals surface area contributed by atoms with Crippen molar-refractivity contribution in [3.8, 4) is 0 Å². The molecule has 0 N–H and O–H groups in total.